The highest BCUT2D eigenvalue weighted by Gasteiger charge is 1.90. The third-order valence-corrected chi connectivity index (χ3v) is 1.61. The Balaban J connectivity index is -0.000000980. The van der Waals surface area contributed by atoms with E-state index in [0.717, 1.165) is 32.5 Å². The first-order chi connectivity index (χ1) is 7.41. The molecule has 4 nitrogen and oxygen atoms in total. The molecule has 0 spiro atoms. The van der Waals surface area contributed by atoms with Crippen molar-refractivity contribution in [3.05, 3.63) is 0 Å². The van der Waals surface area contributed by atoms with E-state index in [1.54, 1.807) is 0 Å². The first-order valence-electron chi connectivity index (χ1n) is 5.72. The van der Waals surface area contributed by atoms with Crippen molar-refractivity contribution in [2.75, 3.05) is 40.0 Å². The van der Waals surface area contributed by atoms with Crippen LogP contribution in [0.2, 0.25) is 0 Å². The van der Waals surface area contributed by atoms with E-state index in [2.05, 4.69) is 13.8 Å². The number of hydrogen-bond donors (Lipinski definition) is 0. The third kappa shape index (κ3) is 21.6. The zero-order valence-electron chi connectivity index (χ0n) is 10.00. The Morgan fingerprint density at radius 2 is 0.941 bits per heavy atom. The van der Waals surface area contributed by atoms with E-state index in [1.165, 1.54) is 0 Å². The molecule has 0 aliphatic rings. The maximum absolute atomic E-state index is 5.22. The molecule has 0 aliphatic heterocycles. The van der Waals surface area contributed by atoms with Crippen LogP contribution in [0.1, 0.15) is 48.0 Å². The van der Waals surface area contributed by atoms with Crippen LogP contribution in [-0.2, 0) is 18.9 Å². The predicted molar refractivity (Wildman–Crippen MR) is 72.2 cm³/mol. The number of ether oxygens (including phenoxy) is 4. The maximum Gasteiger partial charge on any atom is 0.146 e. The van der Waals surface area contributed by atoms with Crippen molar-refractivity contribution in [2.45, 2.75) is 48.0 Å². The molecule has 0 saturated carbocycles. The highest BCUT2D eigenvalue weighted by atomic mass is 16.7. The predicted octanol–water partition coefficient (Wildman–Crippen LogP) is 3.45. The lowest BCUT2D eigenvalue weighted by Gasteiger charge is -2.06. The molecule has 0 saturated heterocycles. The molecule has 0 radical (unpaired) electrons. The van der Waals surface area contributed by atoms with Crippen molar-refractivity contribution in [2.24, 2.45) is 0 Å². The topological polar surface area (TPSA) is 36.9 Å². The van der Waals surface area contributed by atoms with Gasteiger partial charge in [-0.2, -0.15) is 0 Å². The van der Waals surface area contributed by atoms with Crippen molar-refractivity contribution in [1.29, 1.82) is 0 Å². The standard InChI is InChI=1S/C11H24O4.2CH4/c1-3-6-12-10-14-8-5-9-15-11-13-7-4-2;;/h3-11H2,1-2H3;2*1H4. The fourth-order valence-corrected chi connectivity index (χ4v) is 0.905. The minimum absolute atomic E-state index is 0. The van der Waals surface area contributed by atoms with Crippen LogP contribution in [0, 0.1) is 0 Å². The molecule has 0 amide bonds. The lowest BCUT2D eigenvalue weighted by Crippen LogP contribution is -2.07. The maximum atomic E-state index is 5.22. The summed E-state index contributed by atoms with van der Waals surface area (Å²) >= 11 is 0. The van der Waals surface area contributed by atoms with Crippen LogP contribution >= 0.6 is 0 Å². The lowest BCUT2D eigenvalue weighted by atomic mass is 10.5. The van der Waals surface area contributed by atoms with Gasteiger partial charge in [-0.05, 0) is 19.3 Å². The van der Waals surface area contributed by atoms with Gasteiger partial charge in [-0.1, -0.05) is 28.7 Å². The molecule has 0 aliphatic carbocycles. The van der Waals surface area contributed by atoms with E-state index in [1.807, 2.05) is 0 Å². The molecule has 17 heavy (non-hydrogen) atoms. The van der Waals surface area contributed by atoms with Crippen LogP contribution < -0.4 is 0 Å². The van der Waals surface area contributed by atoms with Crippen LogP contribution in [0.25, 0.3) is 0 Å². The van der Waals surface area contributed by atoms with Gasteiger partial charge in [0.1, 0.15) is 13.6 Å². The summed E-state index contributed by atoms with van der Waals surface area (Å²) < 4.78 is 20.8. The molecule has 0 rings (SSSR count). The van der Waals surface area contributed by atoms with Crippen molar-refractivity contribution in [1.82, 2.24) is 0 Å². The fraction of sp³-hybridized carbons (Fsp3) is 1.00. The smallest absolute Gasteiger partial charge is 0.146 e. The summed E-state index contributed by atoms with van der Waals surface area (Å²) in [7, 11) is 0. The summed E-state index contributed by atoms with van der Waals surface area (Å²) in [6, 6.07) is 0. The Hall–Kier alpha value is -0.160. The van der Waals surface area contributed by atoms with E-state index in [0.29, 0.717) is 26.8 Å². The van der Waals surface area contributed by atoms with Crippen molar-refractivity contribution >= 4 is 0 Å². The van der Waals surface area contributed by atoms with Gasteiger partial charge in [0, 0.05) is 13.2 Å². The van der Waals surface area contributed by atoms with E-state index in [9.17, 15) is 0 Å². The van der Waals surface area contributed by atoms with Crippen molar-refractivity contribution in [3.8, 4) is 0 Å². The normalized spacial score (nSPS) is 9.53. The molecule has 0 atom stereocenters. The first kappa shape index (κ1) is 22.1. The second-order valence-corrected chi connectivity index (χ2v) is 3.22. The van der Waals surface area contributed by atoms with Gasteiger partial charge in [-0.25, -0.2) is 0 Å². The molecule has 0 heterocycles. The molecular formula is C13H32O4. The average Bonchev–Trinajstić information content (AvgIpc) is 2.26. The molecule has 0 fully saturated rings. The zero-order chi connectivity index (χ0) is 11.2. The highest BCUT2D eigenvalue weighted by molar-refractivity contribution is 4.31. The van der Waals surface area contributed by atoms with Gasteiger partial charge in [-0.15, -0.1) is 0 Å². The summed E-state index contributed by atoms with van der Waals surface area (Å²) in [6.45, 7) is 7.81. The Morgan fingerprint density at radius 3 is 1.29 bits per heavy atom. The number of rotatable bonds is 12. The van der Waals surface area contributed by atoms with E-state index < -0.39 is 0 Å². The SMILES string of the molecule is C.C.CCCOCOCCCOCOCCC. The molecular weight excluding hydrogens is 220 g/mol. The van der Waals surface area contributed by atoms with E-state index >= 15 is 0 Å². The largest absolute Gasteiger partial charge is 0.355 e. The Morgan fingerprint density at radius 1 is 0.588 bits per heavy atom. The summed E-state index contributed by atoms with van der Waals surface area (Å²) in [5.74, 6) is 0. The van der Waals surface area contributed by atoms with Gasteiger partial charge in [0.25, 0.3) is 0 Å². The quantitative estimate of drug-likeness (QED) is 0.394. The van der Waals surface area contributed by atoms with Gasteiger partial charge in [0.15, 0.2) is 0 Å². The van der Waals surface area contributed by atoms with Crippen molar-refractivity contribution in [3.63, 3.8) is 0 Å². The molecule has 108 valence electrons. The fourth-order valence-electron chi connectivity index (χ4n) is 0.905. The highest BCUT2D eigenvalue weighted by Crippen LogP contribution is 1.88. The van der Waals surface area contributed by atoms with Crippen molar-refractivity contribution < 1.29 is 18.9 Å². The summed E-state index contributed by atoms with van der Waals surface area (Å²) in [4.78, 5) is 0. The van der Waals surface area contributed by atoms with E-state index in [-0.39, 0.29) is 14.9 Å². The first-order valence-corrected chi connectivity index (χ1v) is 5.72. The summed E-state index contributed by atoms with van der Waals surface area (Å²) in [6.07, 6.45) is 2.94. The van der Waals surface area contributed by atoms with Crippen LogP contribution in [-0.4, -0.2) is 40.0 Å². The van der Waals surface area contributed by atoms with Gasteiger partial charge < -0.3 is 18.9 Å². The van der Waals surface area contributed by atoms with Gasteiger partial charge in [0.2, 0.25) is 0 Å². The summed E-state index contributed by atoms with van der Waals surface area (Å²) in [5, 5.41) is 0. The zero-order valence-corrected chi connectivity index (χ0v) is 10.00. The van der Waals surface area contributed by atoms with Gasteiger partial charge >= 0.3 is 0 Å². The second kappa shape index (κ2) is 21.2. The minimum Gasteiger partial charge on any atom is -0.355 e. The summed E-state index contributed by atoms with van der Waals surface area (Å²) in [5.41, 5.74) is 0. The Kier molecular flexibility index (Phi) is 27.5. The average molecular weight is 252 g/mol. The monoisotopic (exact) mass is 252 g/mol. The molecule has 0 aromatic heterocycles. The van der Waals surface area contributed by atoms with Gasteiger partial charge in [-0.3, -0.25) is 0 Å². The van der Waals surface area contributed by atoms with Crippen LogP contribution in [0.4, 0.5) is 0 Å². The molecule has 0 aromatic carbocycles. The van der Waals surface area contributed by atoms with Gasteiger partial charge in [0.05, 0.1) is 13.2 Å². The molecule has 0 bridgehead atoms. The molecule has 0 aromatic rings. The van der Waals surface area contributed by atoms with E-state index in [4.69, 9.17) is 18.9 Å². The lowest BCUT2D eigenvalue weighted by molar-refractivity contribution is -0.0761. The van der Waals surface area contributed by atoms with Crippen LogP contribution in [0.3, 0.4) is 0 Å². The second-order valence-electron chi connectivity index (χ2n) is 3.22. The molecule has 0 N–H and O–H groups in total. The van der Waals surface area contributed by atoms with Crippen LogP contribution in [0.15, 0.2) is 0 Å². The number of hydrogen-bond acceptors (Lipinski definition) is 4. The van der Waals surface area contributed by atoms with Crippen LogP contribution in [0.5, 0.6) is 0 Å². The Bertz CT molecular complexity index is 97.6. The minimum atomic E-state index is 0. The molecule has 4 heteroatoms. The third-order valence-electron chi connectivity index (χ3n) is 1.61. The Labute approximate surface area is 108 Å². The molecule has 0 unspecified atom stereocenters.